The van der Waals surface area contributed by atoms with Crippen molar-refractivity contribution in [3.8, 4) is 0 Å². The van der Waals surface area contributed by atoms with Gasteiger partial charge in [0, 0.05) is 0 Å². The fraction of sp³-hybridized carbons (Fsp3) is 0.160. The number of hydrogen-bond donors (Lipinski definition) is 1. The molecule has 3 aromatic rings. The number of nitrogens with one attached hydrogen (secondary N) is 1. The second-order valence-corrected chi connectivity index (χ2v) is 11.5. The van der Waals surface area contributed by atoms with Gasteiger partial charge >= 0.3 is 196 Å². The number of rotatable bonds is 2. The summed E-state index contributed by atoms with van der Waals surface area (Å²) in [4.78, 5) is 39.6. The van der Waals surface area contributed by atoms with Gasteiger partial charge in [-0.05, 0) is 0 Å². The topological polar surface area (TPSA) is 69.7 Å². The standard InChI is InChI=1S/C25H21N3O3Te/c1-25(2)17-8-4-6-10-19(17)28(20-11-7-5-9-18(20)25)21-13-12-15(32-21)14-16-22(29)26-24(31)27(3)23(16)30/h4-14H,1-3H3,(H,26,29,31)/b16-14+. The third-order valence-corrected chi connectivity index (χ3v) is 8.96. The quantitative estimate of drug-likeness (QED) is 0.305. The van der Waals surface area contributed by atoms with E-state index in [2.05, 4.69) is 78.7 Å². The molecule has 1 fully saturated rings. The average Bonchev–Trinajstić information content (AvgIpc) is 3.24. The third-order valence-electron chi connectivity index (χ3n) is 6.06. The molecule has 0 saturated carbocycles. The van der Waals surface area contributed by atoms with Gasteiger partial charge in [-0.2, -0.15) is 0 Å². The number of barbiturate groups is 1. The van der Waals surface area contributed by atoms with Crippen LogP contribution in [-0.2, 0) is 15.0 Å². The van der Waals surface area contributed by atoms with Gasteiger partial charge in [-0.3, -0.25) is 0 Å². The Bertz CT molecular complexity index is 1270. The number of benzene rings is 2. The van der Waals surface area contributed by atoms with Crippen molar-refractivity contribution >= 4 is 59.4 Å². The van der Waals surface area contributed by atoms with Gasteiger partial charge in [0.1, 0.15) is 0 Å². The van der Waals surface area contributed by atoms with Gasteiger partial charge in [0.15, 0.2) is 0 Å². The Morgan fingerprint density at radius 3 is 2.09 bits per heavy atom. The van der Waals surface area contributed by atoms with Crippen LogP contribution in [0.3, 0.4) is 0 Å². The van der Waals surface area contributed by atoms with Crippen molar-refractivity contribution in [1.29, 1.82) is 0 Å². The molecule has 7 heteroatoms. The van der Waals surface area contributed by atoms with Gasteiger partial charge in [-0.1, -0.05) is 0 Å². The van der Waals surface area contributed by atoms with E-state index < -0.39 is 38.3 Å². The van der Waals surface area contributed by atoms with Crippen molar-refractivity contribution in [2.75, 3.05) is 11.9 Å². The molecule has 2 aliphatic rings. The molecule has 4 amide bonds. The number of carbonyl (C=O) groups is 3. The van der Waals surface area contributed by atoms with E-state index in [0.29, 0.717) is 0 Å². The molecular weight excluding hydrogens is 518 g/mol. The van der Waals surface area contributed by atoms with Gasteiger partial charge < -0.3 is 0 Å². The summed E-state index contributed by atoms with van der Waals surface area (Å²) in [5.74, 6) is -1.22. The monoisotopic (exact) mass is 541 g/mol. The minimum atomic E-state index is -0.875. The number of nitrogens with zero attached hydrogens (tertiary/aromatic N) is 2. The van der Waals surface area contributed by atoms with Crippen molar-refractivity contribution < 1.29 is 14.4 Å². The summed E-state index contributed by atoms with van der Waals surface area (Å²) in [6.07, 6.45) is 1.64. The number of imide groups is 2. The molecule has 2 aliphatic heterocycles. The van der Waals surface area contributed by atoms with Crippen LogP contribution in [0.4, 0.5) is 19.9 Å². The number of likely N-dealkylation sites (N-methyl/N-ethyl adjacent to an activating group) is 1. The molecule has 3 heterocycles. The third kappa shape index (κ3) is 3.12. The molecule has 0 bridgehead atoms. The van der Waals surface area contributed by atoms with Crippen molar-refractivity contribution in [3.63, 3.8) is 0 Å². The molecule has 5 rings (SSSR count). The summed E-state index contributed by atoms with van der Waals surface area (Å²) in [7, 11) is 1.37. The van der Waals surface area contributed by atoms with Crippen LogP contribution in [-0.4, -0.2) is 50.2 Å². The summed E-state index contributed by atoms with van der Waals surface area (Å²) in [6.45, 7) is 4.50. The molecule has 32 heavy (non-hydrogen) atoms. The molecule has 0 spiro atoms. The molecule has 0 radical (unpaired) electrons. The summed E-state index contributed by atoms with van der Waals surface area (Å²) in [5, 5.41) is 2.21. The zero-order valence-electron chi connectivity index (χ0n) is 17.9. The van der Waals surface area contributed by atoms with Gasteiger partial charge in [-0.25, -0.2) is 0 Å². The zero-order valence-corrected chi connectivity index (χ0v) is 20.2. The first-order chi connectivity index (χ1) is 15.3. The first kappa shape index (κ1) is 20.7. The number of carbonyl (C=O) groups excluding carboxylic acids is 3. The van der Waals surface area contributed by atoms with Gasteiger partial charge in [0.25, 0.3) is 0 Å². The predicted molar refractivity (Wildman–Crippen MR) is 124 cm³/mol. The molecule has 0 atom stereocenters. The average molecular weight is 539 g/mol. The van der Waals surface area contributed by atoms with Gasteiger partial charge in [-0.15, -0.1) is 0 Å². The van der Waals surface area contributed by atoms with E-state index >= 15 is 0 Å². The minimum absolute atomic E-state index is 0.00122. The zero-order chi connectivity index (χ0) is 22.6. The van der Waals surface area contributed by atoms with Gasteiger partial charge in [0.05, 0.1) is 0 Å². The van der Waals surface area contributed by atoms with Crippen LogP contribution in [0, 0.1) is 0 Å². The Kier molecular flexibility index (Phi) is 4.84. The maximum absolute atomic E-state index is 12.5. The van der Waals surface area contributed by atoms with Crippen LogP contribution in [0.1, 0.15) is 28.6 Å². The van der Waals surface area contributed by atoms with Crippen LogP contribution >= 0.6 is 0 Å². The molecule has 2 aromatic carbocycles. The summed E-state index contributed by atoms with van der Waals surface area (Å²) in [5.41, 5.74) is 4.73. The summed E-state index contributed by atoms with van der Waals surface area (Å²) >= 11 is -0.875. The number of amides is 4. The number of para-hydroxylation sites is 2. The Balaban J connectivity index is 1.60. The summed E-state index contributed by atoms with van der Waals surface area (Å²) < 4.78 is 2.15. The Morgan fingerprint density at radius 1 is 0.875 bits per heavy atom. The van der Waals surface area contributed by atoms with Crippen molar-refractivity contribution in [3.05, 3.63) is 80.9 Å². The summed E-state index contributed by atoms with van der Waals surface area (Å²) in [6, 6.07) is 20.3. The SMILES string of the molecule is CN1C(=O)NC(=O)/C(=C\c2ccc(N3c4ccccc4C(C)(C)c4ccccc43)[te]2)C1=O. The second-order valence-electron chi connectivity index (χ2n) is 8.35. The number of fused-ring (bicyclic) bond motifs is 2. The van der Waals surface area contributed by atoms with E-state index in [0.717, 1.165) is 19.9 Å². The van der Waals surface area contributed by atoms with Gasteiger partial charge in [0.2, 0.25) is 0 Å². The van der Waals surface area contributed by atoms with E-state index in [1.807, 2.05) is 6.07 Å². The number of anilines is 3. The van der Waals surface area contributed by atoms with Crippen LogP contribution in [0.25, 0.3) is 6.08 Å². The Labute approximate surface area is 195 Å². The van der Waals surface area contributed by atoms with E-state index in [-0.39, 0.29) is 11.0 Å². The molecule has 0 aliphatic carbocycles. The molecule has 1 aromatic heterocycles. The maximum atomic E-state index is 12.5. The molecular formula is C25H21N3O3Te. The van der Waals surface area contributed by atoms with Crippen molar-refractivity contribution in [1.82, 2.24) is 10.2 Å². The van der Waals surface area contributed by atoms with Crippen LogP contribution in [0.5, 0.6) is 0 Å². The second kappa shape index (κ2) is 7.47. The van der Waals surface area contributed by atoms with E-state index in [4.69, 9.17) is 0 Å². The van der Waals surface area contributed by atoms with Crippen LogP contribution < -0.4 is 10.2 Å². The fourth-order valence-corrected chi connectivity index (χ4v) is 7.13. The molecule has 1 N–H and O–H groups in total. The Morgan fingerprint density at radius 2 is 1.47 bits per heavy atom. The van der Waals surface area contributed by atoms with E-state index in [1.165, 1.54) is 21.9 Å². The van der Waals surface area contributed by atoms with E-state index in [1.54, 1.807) is 6.08 Å². The predicted octanol–water partition coefficient (Wildman–Crippen LogP) is 3.94. The Hall–Kier alpha value is -3.14. The van der Waals surface area contributed by atoms with Crippen molar-refractivity contribution in [2.45, 2.75) is 19.3 Å². The molecule has 160 valence electrons. The van der Waals surface area contributed by atoms with E-state index in [9.17, 15) is 14.4 Å². The number of urea groups is 1. The molecule has 6 nitrogen and oxygen atoms in total. The normalized spacial score (nSPS) is 18.5. The van der Waals surface area contributed by atoms with Crippen molar-refractivity contribution in [2.24, 2.45) is 0 Å². The van der Waals surface area contributed by atoms with Crippen LogP contribution in [0.15, 0.2) is 66.2 Å². The van der Waals surface area contributed by atoms with Crippen LogP contribution in [0.2, 0.25) is 0 Å². The fourth-order valence-electron chi connectivity index (χ4n) is 4.33. The molecule has 1 saturated heterocycles. The first-order valence-corrected chi connectivity index (χ1v) is 12.6. The molecule has 0 unspecified atom stereocenters. The first-order valence-electron chi connectivity index (χ1n) is 10.2. The number of hydrogen-bond acceptors (Lipinski definition) is 4.